The maximum atomic E-state index is 11.9. The SMILES string of the molecule is O=C(O)C1CCN(CCc2cccc(Br)c2)C(=O)C1. The minimum Gasteiger partial charge on any atom is -0.481 e. The summed E-state index contributed by atoms with van der Waals surface area (Å²) in [6.07, 6.45) is 1.48. The van der Waals surface area contributed by atoms with Gasteiger partial charge < -0.3 is 10.0 Å². The number of hydrogen-bond donors (Lipinski definition) is 1. The van der Waals surface area contributed by atoms with Gasteiger partial charge in [-0.15, -0.1) is 0 Å². The quantitative estimate of drug-likeness (QED) is 0.924. The molecule has 1 unspecified atom stereocenters. The minimum atomic E-state index is -0.861. The summed E-state index contributed by atoms with van der Waals surface area (Å²) in [5.41, 5.74) is 1.17. The van der Waals surface area contributed by atoms with Crippen molar-refractivity contribution >= 4 is 27.8 Å². The van der Waals surface area contributed by atoms with Crippen LogP contribution in [0.5, 0.6) is 0 Å². The predicted octanol–water partition coefficient (Wildman–Crippen LogP) is 2.31. The largest absolute Gasteiger partial charge is 0.481 e. The van der Waals surface area contributed by atoms with Crippen LogP contribution >= 0.6 is 15.9 Å². The van der Waals surface area contributed by atoms with E-state index in [1.54, 1.807) is 4.90 Å². The van der Waals surface area contributed by atoms with E-state index in [1.165, 1.54) is 5.56 Å². The van der Waals surface area contributed by atoms with Crippen molar-refractivity contribution < 1.29 is 14.7 Å². The molecular formula is C14H16BrNO3. The van der Waals surface area contributed by atoms with Gasteiger partial charge in [0.25, 0.3) is 0 Å². The van der Waals surface area contributed by atoms with Gasteiger partial charge >= 0.3 is 5.97 Å². The summed E-state index contributed by atoms with van der Waals surface area (Å²) < 4.78 is 1.03. The number of likely N-dealkylation sites (tertiary alicyclic amines) is 1. The molecule has 0 bridgehead atoms. The van der Waals surface area contributed by atoms with Crippen molar-refractivity contribution in [1.29, 1.82) is 0 Å². The monoisotopic (exact) mass is 325 g/mol. The average Bonchev–Trinajstić information content (AvgIpc) is 2.37. The minimum absolute atomic E-state index is 0.0475. The Morgan fingerprint density at radius 1 is 1.47 bits per heavy atom. The van der Waals surface area contributed by atoms with Crippen LogP contribution in [0.4, 0.5) is 0 Å². The number of amides is 1. The van der Waals surface area contributed by atoms with Gasteiger partial charge in [0.2, 0.25) is 5.91 Å². The summed E-state index contributed by atoms with van der Waals surface area (Å²) in [7, 11) is 0. The van der Waals surface area contributed by atoms with Crippen molar-refractivity contribution in [2.75, 3.05) is 13.1 Å². The van der Waals surface area contributed by atoms with E-state index in [1.807, 2.05) is 24.3 Å². The smallest absolute Gasteiger partial charge is 0.307 e. The van der Waals surface area contributed by atoms with Crippen LogP contribution in [0.1, 0.15) is 18.4 Å². The highest BCUT2D eigenvalue weighted by Crippen LogP contribution is 2.19. The molecule has 1 atom stereocenters. The maximum Gasteiger partial charge on any atom is 0.307 e. The van der Waals surface area contributed by atoms with E-state index in [0.717, 1.165) is 10.9 Å². The van der Waals surface area contributed by atoms with E-state index < -0.39 is 11.9 Å². The van der Waals surface area contributed by atoms with Crippen molar-refractivity contribution in [1.82, 2.24) is 4.90 Å². The zero-order valence-corrected chi connectivity index (χ0v) is 12.1. The normalized spacial score (nSPS) is 19.5. The van der Waals surface area contributed by atoms with Gasteiger partial charge in [-0.2, -0.15) is 0 Å². The van der Waals surface area contributed by atoms with Gasteiger partial charge in [0, 0.05) is 24.0 Å². The highest BCUT2D eigenvalue weighted by atomic mass is 79.9. The number of carbonyl (C=O) groups excluding carboxylic acids is 1. The number of halogens is 1. The van der Waals surface area contributed by atoms with Gasteiger partial charge in [-0.3, -0.25) is 9.59 Å². The van der Waals surface area contributed by atoms with Crippen LogP contribution in [0, 0.1) is 5.92 Å². The number of nitrogens with zero attached hydrogens (tertiary/aromatic N) is 1. The molecule has 0 saturated carbocycles. The number of hydrogen-bond acceptors (Lipinski definition) is 2. The first kappa shape index (κ1) is 14.1. The van der Waals surface area contributed by atoms with Crippen molar-refractivity contribution in [3.8, 4) is 0 Å². The molecule has 1 aliphatic rings. The zero-order valence-electron chi connectivity index (χ0n) is 10.5. The van der Waals surface area contributed by atoms with Gasteiger partial charge in [-0.1, -0.05) is 28.1 Å². The molecule has 19 heavy (non-hydrogen) atoms. The van der Waals surface area contributed by atoms with E-state index in [9.17, 15) is 9.59 Å². The van der Waals surface area contributed by atoms with Crippen LogP contribution in [0.2, 0.25) is 0 Å². The number of rotatable bonds is 4. The molecule has 1 N–H and O–H groups in total. The molecule has 1 saturated heterocycles. The Morgan fingerprint density at radius 3 is 2.89 bits per heavy atom. The molecule has 4 nitrogen and oxygen atoms in total. The summed E-state index contributed by atoms with van der Waals surface area (Å²) in [4.78, 5) is 24.5. The van der Waals surface area contributed by atoms with Crippen molar-refractivity contribution in [2.24, 2.45) is 5.92 Å². The average molecular weight is 326 g/mol. The summed E-state index contributed by atoms with van der Waals surface area (Å²) >= 11 is 3.42. The van der Waals surface area contributed by atoms with Crippen molar-refractivity contribution in [3.05, 3.63) is 34.3 Å². The Bertz CT molecular complexity index is 489. The summed E-state index contributed by atoms with van der Waals surface area (Å²) in [6, 6.07) is 8.00. The summed E-state index contributed by atoms with van der Waals surface area (Å²) in [5.74, 6) is -1.41. The van der Waals surface area contributed by atoms with Crippen LogP contribution < -0.4 is 0 Å². The number of piperidine rings is 1. The lowest BCUT2D eigenvalue weighted by atomic mass is 9.96. The number of aliphatic carboxylic acids is 1. The summed E-state index contributed by atoms with van der Waals surface area (Å²) in [6.45, 7) is 1.20. The lowest BCUT2D eigenvalue weighted by Gasteiger charge is -2.30. The molecule has 1 aliphatic heterocycles. The molecule has 2 rings (SSSR count). The van der Waals surface area contributed by atoms with Gasteiger partial charge in [0.1, 0.15) is 0 Å². The molecule has 0 aromatic heterocycles. The van der Waals surface area contributed by atoms with Gasteiger partial charge in [0.15, 0.2) is 0 Å². The highest BCUT2D eigenvalue weighted by Gasteiger charge is 2.29. The lowest BCUT2D eigenvalue weighted by Crippen LogP contribution is -2.41. The first-order chi connectivity index (χ1) is 9.06. The molecule has 0 radical (unpaired) electrons. The van der Waals surface area contributed by atoms with Gasteiger partial charge in [-0.05, 0) is 30.5 Å². The first-order valence-corrected chi connectivity index (χ1v) is 7.10. The number of carboxylic acid groups (broad SMARTS) is 1. The fourth-order valence-electron chi connectivity index (χ4n) is 2.28. The van der Waals surface area contributed by atoms with Crippen LogP contribution in [0.25, 0.3) is 0 Å². The number of benzene rings is 1. The highest BCUT2D eigenvalue weighted by molar-refractivity contribution is 9.10. The first-order valence-electron chi connectivity index (χ1n) is 6.31. The molecule has 1 aromatic rings. The number of carbonyl (C=O) groups is 2. The van der Waals surface area contributed by atoms with Gasteiger partial charge in [0.05, 0.1) is 5.92 Å². The Kier molecular flexibility index (Phi) is 4.58. The fraction of sp³-hybridized carbons (Fsp3) is 0.429. The molecule has 1 amide bonds. The second-order valence-corrected chi connectivity index (χ2v) is 5.70. The predicted molar refractivity (Wildman–Crippen MR) is 74.8 cm³/mol. The number of carboxylic acids is 1. The third-order valence-electron chi connectivity index (χ3n) is 3.43. The van der Waals surface area contributed by atoms with E-state index >= 15 is 0 Å². The third-order valence-corrected chi connectivity index (χ3v) is 3.92. The van der Waals surface area contributed by atoms with Crippen LogP contribution in [-0.4, -0.2) is 35.0 Å². The Hall–Kier alpha value is -1.36. The molecule has 102 valence electrons. The maximum absolute atomic E-state index is 11.9. The van der Waals surface area contributed by atoms with Crippen LogP contribution in [0.15, 0.2) is 28.7 Å². The molecule has 1 fully saturated rings. The van der Waals surface area contributed by atoms with Crippen LogP contribution in [-0.2, 0) is 16.0 Å². The van der Waals surface area contributed by atoms with Gasteiger partial charge in [-0.25, -0.2) is 0 Å². The van der Waals surface area contributed by atoms with Crippen molar-refractivity contribution in [2.45, 2.75) is 19.3 Å². The van der Waals surface area contributed by atoms with Crippen LogP contribution in [0.3, 0.4) is 0 Å². The molecule has 0 spiro atoms. The topological polar surface area (TPSA) is 57.6 Å². The second kappa shape index (κ2) is 6.19. The van der Waals surface area contributed by atoms with E-state index in [4.69, 9.17) is 5.11 Å². The Labute approximate surface area is 120 Å². The third kappa shape index (κ3) is 3.80. The Morgan fingerprint density at radius 2 is 2.26 bits per heavy atom. The van der Waals surface area contributed by atoms with E-state index in [-0.39, 0.29) is 12.3 Å². The second-order valence-electron chi connectivity index (χ2n) is 4.79. The zero-order chi connectivity index (χ0) is 13.8. The van der Waals surface area contributed by atoms with E-state index in [0.29, 0.717) is 19.5 Å². The molecular weight excluding hydrogens is 310 g/mol. The standard InChI is InChI=1S/C14H16BrNO3/c15-12-3-1-2-10(8-12)4-6-16-7-5-11(14(18)19)9-13(16)17/h1-3,8,11H,4-7,9H2,(H,18,19). The van der Waals surface area contributed by atoms with E-state index in [2.05, 4.69) is 15.9 Å². The summed E-state index contributed by atoms with van der Waals surface area (Å²) in [5, 5.41) is 8.90. The molecule has 5 heteroatoms. The fourth-order valence-corrected chi connectivity index (χ4v) is 2.73. The Balaban J connectivity index is 1.87. The van der Waals surface area contributed by atoms with Crippen molar-refractivity contribution in [3.63, 3.8) is 0 Å². The molecule has 1 heterocycles. The molecule has 0 aliphatic carbocycles. The lowest BCUT2D eigenvalue weighted by molar-refractivity contribution is -0.149. The molecule has 1 aromatic carbocycles.